The lowest BCUT2D eigenvalue weighted by Crippen LogP contribution is -2.33. The van der Waals surface area contributed by atoms with Gasteiger partial charge in [-0.1, -0.05) is 15.9 Å². The molecule has 0 amide bonds. The summed E-state index contributed by atoms with van der Waals surface area (Å²) in [5, 5.41) is 13.2. The number of rotatable bonds is 4. The molecule has 0 saturated heterocycles. The Bertz CT molecular complexity index is 753. The van der Waals surface area contributed by atoms with Crippen LogP contribution in [0.15, 0.2) is 55.0 Å². The quantitative estimate of drug-likeness (QED) is 0.573. The van der Waals surface area contributed by atoms with Gasteiger partial charge in [0.15, 0.2) is 18.9 Å². The maximum atomic E-state index is 10.5. The monoisotopic (exact) mass is 362 g/mol. The number of hydrogen-bond acceptors (Lipinski definition) is 2. The van der Waals surface area contributed by atoms with Crippen LogP contribution in [0.3, 0.4) is 0 Å². The maximum Gasteiger partial charge on any atom is 0.309 e. The summed E-state index contributed by atoms with van der Waals surface area (Å²) in [4.78, 5) is 10.5. The fraction of sp³-hybridized carbons (Fsp3) is 0.188. The lowest BCUT2D eigenvalue weighted by Gasteiger charge is -2.01. The first kappa shape index (κ1) is 16.2. The van der Waals surface area contributed by atoms with E-state index in [1.165, 1.54) is 0 Å². The van der Waals surface area contributed by atoms with E-state index in [4.69, 9.17) is 5.11 Å². The number of carbonyl (C=O) groups is 1. The highest BCUT2D eigenvalue weighted by Crippen LogP contribution is 2.15. The van der Waals surface area contributed by atoms with Gasteiger partial charge < -0.3 is 5.11 Å². The second-order valence-electron chi connectivity index (χ2n) is 4.56. The Kier molecular flexibility index (Phi) is 5.66. The van der Waals surface area contributed by atoms with E-state index in [1.54, 1.807) is 0 Å². The molecule has 0 spiro atoms. The minimum absolute atomic E-state index is 0.123. The fourth-order valence-corrected chi connectivity index (χ4v) is 2.08. The van der Waals surface area contributed by atoms with Crippen molar-refractivity contribution >= 4 is 27.4 Å². The molecule has 0 aliphatic carbocycles. The van der Waals surface area contributed by atoms with Crippen LogP contribution in [0.2, 0.25) is 0 Å². The van der Waals surface area contributed by atoms with Crippen LogP contribution >= 0.6 is 15.9 Å². The Morgan fingerprint density at radius 1 is 1.23 bits per heavy atom. The first-order valence-electron chi connectivity index (χ1n) is 6.76. The Labute approximate surface area is 137 Å². The van der Waals surface area contributed by atoms with Crippen molar-refractivity contribution in [1.29, 1.82) is 0 Å². The first-order valence-corrected chi connectivity index (χ1v) is 8.34. The molecular formula is C16H17BrN3O2+. The number of carboxylic acid groups (broad SMARTS) is 1. The van der Waals surface area contributed by atoms with Crippen LogP contribution in [-0.2, 0) is 11.3 Å². The fourth-order valence-electron chi connectivity index (χ4n) is 2.08. The minimum atomic E-state index is -0.790. The number of hydrogen-bond donors (Lipinski definition) is 1. The van der Waals surface area contributed by atoms with Gasteiger partial charge in [-0.2, -0.15) is 5.10 Å². The number of pyridine rings is 1. The molecule has 0 saturated carbocycles. The first-order chi connectivity index (χ1) is 10.7. The Morgan fingerprint density at radius 2 is 1.95 bits per heavy atom. The average molecular weight is 363 g/mol. The summed E-state index contributed by atoms with van der Waals surface area (Å²) < 4.78 is 3.69. The molecule has 0 bridgehead atoms. The summed E-state index contributed by atoms with van der Waals surface area (Å²) in [5.74, 6) is 1.02. The molecule has 0 fully saturated rings. The van der Waals surface area contributed by atoms with Crippen molar-refractivity contribution in [3.8, 4) is 11.3 Å². The average Bonchev–Trinajstić information content (AvgIpc) is 3.03. The van der Waals surface area contributed by atoms with Gasteiger partial charge in [0.05, 0.1) is 11.2 Å². The van der Waals surface area contributed by atoms with Crippen LogP contribution in [0.4, 0.5) is 0 Å². The molecular weight excluding hydrogens is 346 g/mol. The van der Waals surface area contributed by atoms with Gasteiger partial charge in [0.1, 0.15) is 6.42 Å². The lowest BCUT2D eigenvalue weighted by molar-refractivity contribution is -0.695. The number of fused-ring (bicyclic) bond motifs is 1. The van der Waals surface area contributed by atoms with E-state index in [0.717, 1.165) is 16.8 Å². The summed E-state index contributed by atoms with van der Waals surface area (Å²) in [7, 11) is 0. The SMILES string of the molecule is CBr.O=C(O)CC[n+]1ccc(-c2ccc3cccn3n2)cc1. The molecule has 5 nitrogen and oxygen atoms in total. The predicted molar refractivity (Wildman–Crippen MR) is 87.9 cm³/mol. The van der Waals surface area contributed by atoms with E-state index >= 15 is 0 Å². The van der Waals surface area contributed by atoms with Crippen LogP contribution in [0, 0.1) is 0 Å². The minimum Gasteiger partial charge on any atom is -0.481 e. The van der Waals surface area contributed by atoms with Crippen molar-refractivity contribution in [3.63, 3.8) is 0 Å². The van der Waals surface area contributed by atoms with Gasteiger partial charge in [-0.05, 0) is 30.1 Å². The van der Waals surface area contributed by atoms with Crippen LogP contribution in [0.1, 0.15) is 6.42 Å². The molecule has 6 heteroatoms. The maximum absolute atomic E-state index is 10.5. The summed E-state index contributed by atoms with van der Waals surface area (Å²) in [6.07, 6.45) is 5.78. The number of halogens is 1. The number of aryl methyl sites for hydroxylation is 1. The standard InChI is InChI=1S/C15H13N3O2.CH3Br/c19-15(20)7-11-17-9-5-12(6-10-17)14-4-3-13-2-1-8-18(13)16-14;1-2/h1-6,8-10H,7,11H2;1H3/p+1. The predicted octanol–water partition coefficient (Wildman–Crippen LogP) is 2.77. The van der Waals surface area contributed by atoms with Gasteiger partial charge in [0.2, 0.25) is 0 Å². The van der Waals surface area contributed by atoms with Gasteiger partial charge in [-0.3, -0.25) is 4.79 Å². The third-order valence-corrected chi connectivity index (χ3v) is 3.16. The molecule has 0 aromatic carbocycles. The zero-order chi connectivity index (χ0) is 15.9. The Hall–Kier alpha value is -2.21. The number of alkyl halides is 1. The van der Waals surface area contributed by atoms with Crippen molar-refractivity contribution in [3.05, 3.63) is 55.0 Å². The van der Waals surface area contributed by atoms with Crippen molar-refractivity contribution < 1.29 is 14.5 Å². The van der Waals surface area contributed by atoms with Gasteiger partial charge in [-0.15, -0.1) is 0 Å². The summed E-state index contributed by atoms with van der Waals surface area (Å²) >= 11 is 2.94. The molecule has 0 unspecified atom stereocenters. The van der Waals surface area contributed by atoms with Crippen molar-refractivity contribution in [2.45, 2.75) is 13.0 Å². The number of nitrogens with zero attached hydrogens (tertiary/aromatic N) is 3. The van der Waals surface area contributed by atoms with E-state index in [-0.39, 0.29) is 6.42 Å². The van der Waals surface area contributed by atoms with Crippen molar-refractivity contribution in [2.24, 2.45) is 0 Å². The molecule has 3 heterocycles. The molecule has 3 rings (SSSR count). The highest BCUT2D eigenvalue weighted by atomic mass is 79.9. The molecule has 1 N–H and O–H groups in total. The Balaban J connectivity index is 0.000000847. The molecule has 0 atom stereocenters. The number of carboxylic acids is 1. The van der Waals surface area contributed by atoms with E-state index in [2.05, 4.69) is 21.0 Å². The van der Waals surface area contributed by atoms with E-state index in [0.29, 0.717) is 6.54 Å². The molecule has 0 radical (unpaired) electrons. The smallest absolute Gasteiger partial charge is 0.309 e. The topological polar surface area (TPSA) is 58.5 Å². The lowest BCUT2D eigenvalue weighted by atomic mass is 10.2. The molecule has 114 valence electrons. The number of aliphatic carboxylic acids is 1. The van der Waals surface area contributed by atoms with E-state index < -0.39 is 5.97 Å². The van der Waals surface area contributed by atoms with Crippen molar-refractivity contribution in [1.82, 2.24) is 9.61 Å². The largest absolute Gasteiger partial charge is 0.481 e. The van der Waals surface area contributed by atoms with Gasteiger partial charge in [0.25, 0.3) is 0 Å². The van der Waals surface area contributed by atoms with Crippen LogP contribution < -0.4 is 4.57 Å². The van der Waals surface area contributed by atoms with Gasteiger partial charge in [-0.25, -0.2) is 9.08 Å². The third kappa shape index (κ3) is 3.92. The van der Waals surface area contributed by atoms with Gasteiger partial charge in [0, 0.05) is 23.9 Å². The van der Waals surface area contributed by atoms with Crippen LogP contribution in [0.5, 0.6) is 0 Å². The zero-order valence-corrected chi connectivity index (χ0v) is 13.8. The van der Waals surface area contributed by atoms with Crippen LogP contribution in [-0.4, -0.2) is 26.5 Å². The molecule has 3 aromatic heterocycles. The summed E-state index contributed by atoms with van der Waals surface area (Å²) in [5.41, 5.74) is 2.95. The number of aromatic nitrogens is 3. The second-order valence-corrected chi connectivity index (χ2v) is 4.56. The highest BCUT2D eigenvalue weighted by molar-refractivity contribution is 9.08. The Morgan fingerprint density at radius 3 is 2.64 bits per heavy atom. The molecule has 0 aliphatic rings. The zero-order valence-electron chi connectivity index (χ0n) is 12.2. The second kappa shape index (κ2) is 7.70. The highest BCUT2D eigenvalue weighted by Gasteiger charge is 2.07. The van der Waals surface area contributed by atoms with Crippen molar-refractivity contribution in [2.75, 3.05) is 5.83 Å². The summed E-state index contributed by atoms with van der Waals surface area (Å²) in [6, 6.07) is 11.8. The summed E-state index contributed by atoms with van der Waals surface area (Å²) in [6.45, 7) is 0.472. The van der Waals surface area contributed by atoms with E-state index in [1.807, 2.05) is 69.9 Å². The normalized spacial score (nSPS) is 10.1. The van der Waals surface area contributed by atoms with Crippen LogP contribution in [0.25, 0.3) is 16.8 Å². The van der Waals surface area contributed by atoms with Gasteiger partial charge >= 0.3 is 5.97 Å². The third-order valence-electron chi connectivity index (χ3n) is 3.16. The molecule has 0 aliphatic heterocycles. The van der Waals surface area contributed by atoms with E-state index in [9.17, 15) is 4.79 Å². The molecule has 3 aromatic rings. The molecule has 22 heavy (non-hydrogen) atoms.